The fourth-order valence-electron chi connectivity index (χ4n) is 0.260. The number of carboxylic acid groups (broad SMARTS) is 2. The molecule has 5 nitrogen and oxygen atoms in total. The molecule has 0 aliphatic carbocycles. The summed E-state index contributed by atoms with van der Waals surface area (Å²) in [7, 11) is 0. The summed E-state index contributed by atoms with van der Waals surface area (Å²) in [5.74, 6) is -2.51. The first-order valence-corrected chi connectivity index (χ1v) is 3.41. The molecule has 13 heavy (non-hydrogen) atoms. The predicted octanol–water partition coefficient (Wildman–Crippen LogP) is 0.878. The number of hydrogen-bond donors (Lipinski definition) is 2. The maximum atomic E-state index is 9.55. The van der Waals surface area contributed by atoms with Crippen LogP contribution < -0.4 is 0 Å². The minimum absolute atomic E-state index is 0.558. The molecule has 0 heterocycles. The SMILES string of the molecule is C=COCC.O=C(O)/C=C/C(=O)O. The molecule has 0 unspecified atom stereocenters. The van der Waals surface area contributed by atoms with Crippen LogP contribution in [-0.2, 0) is 14.3 Å². The number of carboxylic acids is 2. The monoisotopic (exact) mass is 188 g/mol. The minimum Gasteiger partial charge on any atom is -0.502 e. The van der Waals surface area contributed by atoms with Crippen LogP contribution in [0, 0.1) is 0 Å². The van der Waals surface area contributed by atoms with Crippen molar-refractivity contribution in [3.63, 3.8) is 0 Å². The Hall–Kier alpha value is -1.78. The maximum Gasteiger partial charge on any atom is 0.328 e. The number of hydrogen-bond acceptors (Lipinski definition) is 3. The third kappa shape index (κ3) is 25.3. The largest absolute Gasteiger partial charge is 0.502 e. The molecule has 2 N–H and O–H groups in total. The molecule has 0 aromatic rings. The lowest BCUT2D eigenvalue weighted by Crippen LogP contribution is -1.91. The summed E-state index contributed by atoms with van der Waals surface area (Å²) in [6, 6.07) is 0. The van der Waals surface area contributed by atoms with Gasteiger partial charge in [-0.2, -0.15) is 0 Å². The maximum absolute atomic E-state index is 9.55. The highest BCUT2D eigenvalue weighted by Crippen LogP contribution is 1.70. The smallest absolute Gasteiger partial charge is 0.328 e. The Kier molecular flexibility index (Phi) is 10.8. The standard InChI is InChI=1S/C4H4O4.C4H8O/c5-3(6)1-2-4(7)8;1-3-5-4-2/h1-2H,(H,5,6)(H,7,8);3H,1,4H2,2H3/b2-1+;. The first-order valence-electron chi connectivity index (χ1n) is 3.41. The molecule has 0 aliphatic heterocycles. The molecule has 0 aromatic heterocycles. The predicted molar refractivity (Wildman–Crippen MR) is 46.2 cm³/mol. The number of aliphatic carboxylic acids is 2. The van der Waals surface area contributed by atoms with E-state index >= 15 is 0 Å². The van der Waals surface area contributed by atoms with Gasteiger partial charge >= 0.3 is 11.9 Å². The normalized spacial score (nSPS) is 8.38. The van der Waals surface area contributed by atoms with Crippen molar-refractivity contribution >= 4 is 11.9 Å². The summed E-state index contributed by atoms with van der Waals surface area (Å²) in [5, 5.41) is 15.6. The first kappa shape index (κ1) is 13.8. The van der Waals surface area contributed by atoms with Gasteiger partial charge < -0.3 is 14.9 Å². The van der Waals surface area contributed by atoms with Crippen LogP contribution in [0.2, 0.25) is 0 Å². The van der Waals surface area contributed by atoms with Crippen LogP contribution in [0.4, 0.5) is 0 Å². The van der Waals surface area contributed by atoms with Gasteiger partial charge in [0.25, 0.3) is 0 Å². The Labute approximate surface area is 75.9 Å². The zero-order valence-electron chi connectivity index (χ0n) is 7.27. The van der Waals surface area contributed by atoms with E-state index in [0.29, 0.717) is 12.2 Å². The zero-order valence-corrected chi connectivity index (χ0v) is 7.27. The molecule has 0 saturated carbocycles. The summed E-state index contributed by atoms with van der Waals surface area (Å²) < 4.78 is 4.60. The average molecular weight is 188 g/mol. The molecule has 0 radical (unpaired) electrons. The van der Waals surface area contributed by atoms with E-state index in [1.807, 2.05) is 6.92 Å². The number of rotatable bonds is 4. The summed E-state index contributed by atoms with van der Waals surface area (Å²) in [5.41, 5.74) is 0. The van der Waals surface area contributed by atoms with E-state index in [9.17, 15) is 9.59 Å². The minimum atomic E-state index is -1.26. The Bertz CT molecular complexity index is 179. The van der Waals surface area contributed by atoms with Gasteiger partial charge in [0.05, 0.1) is 12.9 Å². The summed E-state index contributed by atoms with van der Waals surface area (Å²) >= 11 is 0. The van der Waals surface area contributed by atoms with E-state index in [-0.39, 0.29) is 0 Å². The Morgan fingerprint density at radius 2 is 1.69 bits per heavy atom. The van der Waals surface area contributed by atoms with Gasteiger partial charge in [0.15, 0.2) is 0 Å². The molecule has 74 valence electrons. The van der Waals surface area contributed by atoms with Gasteiger partial charge in [0.1, 0.15) is 0 Å². The molecule has 0 rings (SSSR count). The van der Waals surface area contributed by atoms with Crippen LogP contribution >= 0.6 is 0 Å². The first-order chi connectivity index (χ1) is 6.04. The molecule has 0 atom stereocenters. The van der Waals surface area contributed by atoms with Gasteiger partial charge in [0, 0.05) is 12.2 Å². The lowest BCUT2D eigenvalue weighted by molar-refractivity contribution is -0.134. The average Bonchev–Trinajstić information content (AvgIpc) is 2.03. The van der Waals surface area contributed by atoms with Gasteiger partial charge in [-0.1, -0.05) is 6.58 Å². The van der Waals surface area contributed by atoms with Crippen LogP contribution in [-0.4, -0.2) is 28.8 Å². The summed E-state index contributed by atoms with van der Waals surface area (Å²) in [4.78, 5) is 19.1. The molecular weight excluding hydrogens is 176 g/mol. The topological polar surface area (TPSA) is 83.8 Å². The zero-order chi connectivity index (χ0) is 10.7. The van der Waals surface area contributed by atoms with Crippen molar-refractivity contribution in [2.45, 2.75) is 6.92 Å². The third-order valence-electron chi connectivity index (χ3n) is 0.653. The Morgan fingerprint density at radius 3 is 1.77 bits per heavy atom. The summed E-state index contributed by atoms with van der Waals surface area (Å²) in [6.45, 7) is 5.97. The quantitative estimate of drug-likeness (QED) is 0.505. The molecule has 0 saturated heterocycles. The number of carbonyl (C=O) groups is 2. The second kappa shape index (κ2) is 10.2. The highest BCUT2D eigenvalue weighted by atomic mass is 16.5. The van der Waals surface area contributed by atoms with Crippen LogP contribution in [0.15, 0.2) is 25.0 Å². The van der Waals surface area contributed by atoms with Crippen molar-refractivity contribution < 1.29 is 24.5 Å². The van der Waals surface area contributed by atoms with Crippen LogP contribution in [0.25, 0.3) is 0 Å². The third-order valence-corrected chi connectivity index (χ3v) is 0.653. The van der Waals surface area contributed by atoms with Crippen LogP contribution in [0.1, 0.15) is 6.92 Å². The van der Waals surface area contributed by atoms with Gasteiger partial charge in [-0.3, -0.25) is 0 Å². The number of ether oxygens (including phenoxy) is 1. The Balaban J connectivity index is 0. The van der Waals surface area contributed by atoms with Crippen molar-refractivity contribution in [1.29, 1.82) is 0 Å². The van der Waals surface area contributed by atoms with Gasteiger partial charge in [0.2, 0.25) is 0 Å². The van der Waals surface area contributed by atoms with E-state index in [1.165, 1.54) is 6.26 Å². The van der Waals surface area contributed by atoms with E-state index in [4.69, 9.17) is 10.2 Å². The molecular formula is C8H12O5. The Morgan fingerprint density at radius 1 is 1.31 bits per heavy atom. The highest BCUT2D eigenvalue weighted by molar-refractivity contribution is 5.89. The van der Waals surface area contributed by atoms with Crippen molar-refractivity contribution in [2.24, 2.45) is 0 Å². The molecule has 0 fully saturated rings. The van der Waals surface area contributed by atoms with Crippen molar-refractivity contribution in [3.8, 4) is 0 Å². The molecule has 0 spiro atoms. The van der Waals surface area contributed by atoms with Gasteiger partial charge in [-0.25, -0.2) is 9.59 Å². The molecule has 0 aromatic carbocycles. The summed E-state index contributed by atoms with van der Waals surface area (Å²) in [6.07, 6.45) is 2.55. The van der Waals surface area contributed by atoms with Crippen molar-refractivity contribution in [1.82, 2.24) is 0 Å². The van der Waals surface area contributed by atoms with Gasteiger partial charge in [-0.15, -0.1) is 0 Å². The van der Waals surface area contributed by atoms with E-state index in [0.717, 1.165) is 6.61 Å². The lowest BCUT2D eigenvalue weighted by atomic mass is 10.5. The molecule has 0 aliphatic rings. The fraction of sp³-hybridized carbons (Fsp3) is 0.250. The van der Waals surface area contributed by atoms with E-state index in [2.05, 4.69) is 11.3 Å². The fourth-order valence-corrected chi connectivity index (χ4v) is 0.260. The highest BCUT2D eigenvalue weighted by Gasteiger charge is 1.88. The molecule has 0 bridgehead atoms. The van der Waals surface area contributed by atoms with Crippen LogP contribution in [0.5, 0.6) is 0 Å². The molecule has 0 amide bonds. The van der Waals surface area contributed by atoms with Crippen LogP contribution in [0.3, 0.4) is 0 Å². The van der Waals surface area contributed by atoms with E-state index < -0.39 is 11.9 Å². The van der Waals surface area contributed by atoms with Crippen molar-refractivity contribution in [3.05, 3.63) is 25.0 Å². The van der Waals surface area contributed by atoms with Gasteiger partial charge in [-0.05, 0) is 6.92 Å². The van der Waals surface area contributed by atoms with E-state index in [1.54, 1.807) is 0 Å². The second-order valence-corrected chi connectivity index (χ2v) is 1.63. The van der Waals surface area contributed by atoms with Crippen molar-refractivity contribution in [2.75, 3.05) is 6.61 Å². The molecule has 5 heteroatoms. The lowest BCUT2D eigenvalue weighted by Gasteiger charge is -1.84. The second-order valence-electron chi connectivity index (χ2n) is 1.63.